The third-order valence-electron chi connectivity index (χ3n) is 5.65. The number of benzene rings is 1. The molecule has 0 radical (unpaired) electrons. The van der Waals surface area contributed by atoms with Crippen LogP contribution in [0.3, 0.4) is 0 Å². The van der Waals surface area contributed by atoms with Crippen LogP contribution in [-0.2, 0) is 9.53 Å². The predicted octanol–water partition coefficient (Wildman–Crippen LogP) is 3.71. The summed E-state index contributed by atoms with van der Waals surface area (Å²) < 4.78 is 7.53. The first kappa shape index (κ1) is 23.2. The van der Waals surface area contributed by atoms with E-state index in [1.807, 2.05) is 35.7 Å². The van der Waals surface area contributed by atoms with Crippen LogP contribution in [-0.4, -0.2) is 30.2 Å². The molecule has 8 heteroatoms. The number of thiophene rings is 1. The Labute approximate surface area is 200 Å². The summed E-state index contributed by atoms with van der Waals surface area (Å²) in [7, 11) is 0. The van der Waals surface area contributed by atoms with Crippen LogP contribution in [0.1, 0.15) is 44.2 Å². The van der Waals surface area contributed by atoms with Crippen molar-refractivity contribution in [3.8, 4) is 0 Å². The van der Waals surface area contributed by atoms with Crippen molar-refractivity contribution in [3.63, 3.8) is 0 Å². The predicted molar refractivity (Wildman–Crippen MR) is 135 cm³/mol. The largest absolute Gasteiger partial charge is 0.463 e. The van der Waals surface area contributed by atoms with E-state index in [2.05, 4.69) is 35.9 Å². The first-order valence-corrected chi connectivity index (χ1v) is 12.8. The fourth-order valence-corrected chi connectivity index (χ4v) is 5.90. The molecule has 0 bridgehead atoms. The van der Waals surface area contributed by atoms with Crippen molar-refractivity contribution in [2.45, 2.75) is 33.7 Å². The van der Waals surface area contributed by atoms with Gasteiger partial charge in [0.1, 0.15) is 6.04 Å². The molecule has 172 valence electrons. The maximum Gasteiger partial charge on any atom is 0.338 e. The van der Waals surface area contributed by atoms with Gasteiger partial charge in [-0.3, -0.25) is 9.36 Å². The van der Waals surface area contributed by atoms with Gasteiger partial charge in [-0.2, -0.15) is 0 Å². The van der Waals surface area contributed by atoms with Crippen molar-refractivity contribution in [2.24, 2.45) is 4.99 Å². The lowest BCUT2D eigenvalue weighted by atomic mass is 10.0. The summed E-state index contributed by atoms with van der Waals surface area (Å²) in [4.78, 5) is 34.7. The average molecular weight is 482 g/mol. The average Bonchev–Trinajstić information content (AvgIpc) is 3.44. The van der Waals surface area contributed by atoms with Gasteiger partial charge in [0.05, 0.1) is 22.4 Å². The second-order valence-corrected chi connectivity index (χ2v) is 9.57. The van der Waals surface area contributed by atoms with Gasteiger partial charge in [0.15, 0.2) is 4.80 Å². The number of fused-ring (bicyclic) bond motifs is 1. The molecule has 0 spiro atoms. The minimum Gasteiger partial charge on any atom is -0.463 e. The highest BCUT2D eigenvalue weighted by Gasteiger charge is 2.33. The van der Waals surface area contributed by atoms with E-state index < -0.39 is 12.0 Å². The standard InChI is InChI=1S/C25H27N3O3S2/c1-5-27(6-2)18-12-10-17(11-13-18)15-20-23(29)28-22(19-9-8-14-32-19)21(24(30)31-7-3)16(4)26-25(28)33-20/h8-15,22H,5-7H2,1-4H3/b20-15+. The summed E-state index contributed by atoms with van der Waals surface area (Å²) in [5, 5.41) is 1.95. The van der Waals surface area contributed by atoms with Gasteiger partial charge in [-0.25, -0.2) is 9.79 Å². The van der Waals surface area contributed by atoms with Gasteiger partial charge in [-0.05, 0) is 62.9 Å². The zero-order valence-electron chi connectivity index (χ0n) is 19.2. The summed E-state index contributed by atoms with van der Waals surface area (Å²) >= 11 is 2.86. The smallest absolute Gasteiger partial charge is 0.338 e. The number of carbonyl (C=O) groups excluding carboxylic acids is 1. The Bertz CT molecular complexity index is 1350. The van der Waals surface area contributed by atoms with Gasteiger partial charge < -0.3 is 9.64 Å². The maximum atomic E-state index is 13.5. The Morgan fingerprint density at radius 1 is 1.18 bits per heavy atom. The van der Waals surface area contributed by atoms with Gasteiger partial charge in [0.25, 0.3) is 5.56 Å². The Kier molecular flexibility index (Phi) is 6.95. The number of ether oxygens (including phenoxy) is 1. The number of rotatable bonds is 7. The van der Waals surface area contributed by atoms with Crippen LogP contribution in [0.5, 0.6) is 0 Å². The van der Waals surface area contributed by atoms with Crippen molar-refractivity contribution < 1.29 is 9.53 Å². The molecular weight excluding hydrogens is 454 g/mol. The molecule has 0 fully saturated rings. The third-order valence-corrected chi connectivity index (χ3v) is 7.56. The van der Waals surface area contributed by atoms with E-state index in [1.54, 1.807) is 18.4 Å². The Morgan fingerprint density at radius 3 is 2.52 bits per heavy atom. The molecule has 0 saturated heterocycles. The maximum absolute atomic E-state index is 13.5. The fourth-order valence-electron chi connectivity index (χ4n) is 4.03. The molecule has 1 aliphatic heterocycles. The molecule has 1 atom stereocenters. The number of aromatic nitrogens is 1. The molecule has 3 aromatic rings. The Balaban J connectivity index is 1.82. The molecule has 0 N–H and O–H groups in total. The van der Waals surface area contributed by atoms with Crippen LogP contribution in [0.2, 0.25) is 0 Å². The minimum atomic E-state index is -0.535. The number of nitrogens with zero attached hydrogens (tertiary/aromatic N) is 3. The lowest BCUT2D eigenvalue weighted by Gasteiger charge is -2.23. The molecule has 3 heterocycles. The van der Waals surface area contributed by atoms with Gasteiger partial charge in [0.2, 0.25) is 0 Å². The molecule has 1 unspecified atom stereocenters. The summed E-state index contributed by atoms with van der Waals surface area (Å²) in [6.45, 7) is 9.99. The summed E-state index contributed by atoms with van der Waals surface area (Å²) in [5.74, 6) is -0.432. The zero-order valence-corrected chi connectivity index (χ0v) is 20.8. The van der Waals surface area contributed by atoms with Crippen molar-refractivity contribution in [1.29, 1.82) is 0 Å². The molecule has 1 aromatic carbocycles. The summed E-state index contributed by atoms with van der Waals surface area (Å²) in [6.07, 6.45) is 1.89. The highest BCUT2D eigenvalue weighted by Crippen LogP contribution is 2.33. The van der Waals surface area contributed by atoms with E-state index in [1.165, 1.54) is 22.7 Å². The molecule has 0 aliphatic carbocycles. The summed E-state index contributed by atoms with van der Waals surface area (Å²) in [5.41, 5.74) is 2.96. The highest BCUT2D eigenvalue weighted by atomic mass is 32.1. The molecule has 0 amide bonds. The monoisotopic (exact) mass is 481 g/mol. The number of anilines is 1. The van der Waals surface area contributed by atoms with Crippen molar-refractivity contribution in [1.82, 2.24) is 4.57 Å². The second kappa shape index (κ2) is 9.89. The number of allylic oxidation sites excluding steroid dienone is 1. The first-order chi connectivity index (χ1) is 16.0. The van der Waals surface area contributed by atoms with Crippen molar-refractivity contribution in [2.75, 3.05) is 24.6 Å². The Hall–Kier alpha value is -2.97. The van der Waals surface area contributed by atoms with E-state index in [0.717, 1.165) is 29.2 Å². The SMILES string of the molecule is CCOC(=O)C1=C(C)N=c2s/c(=C/c3ccc(N(CC)CC)cc3)c(=O)n2C1c1cccs1. The summed E-state index contributed by atoms with van der Waals surface area (Å²) in [6, 6.07) is 11.5. The number of hydrogen-bond acceptors (Lipinski definition) is 7. The molecule has 1 aliphatic rings. The lowest BCUT2D eigenvalue weighted by molar-refractivity contribution is -0.139. The molecule has 0 saturated carbocycles. The van der Waals surface area contributed by atoms with E-state index in [4.69, 9.17) is 4.74 Å². The number of carbonyl (C=O) groups is 1. The van der Waals surface area contributed by atoms with Crippen molar-refractivity contribution >= 4 is 40.4 Å². The van der Waals surface area contributed by atoms with Gasteiger partial charge in [-0.15, -0.1) is 11.3 Å². The lowest BCUT2D eigenvalue weighted by Crippen LogP contribution is -2.39. The van der Waals surface area contributed by atoms with E-state index in [-0.39, 0.29) is 12.2 Å². The molecular formula is C25H27N3O3S2. The van der Waals surface area contributed by atoms with Gasteiger partial charge in [0, 0.05) is 23.7 Å². The van der Waals surface area contributed by atoms with E-state index in [0.29, 0.717) is 20.6 Å². The van der Waals surface area contributed by atoms with Crippen LogP contribution in [0.15, 0.2) is 62.8 Å². The topological polar surface area (TPSA) is 63.9 Å². The van der Waals surface area contributed by atoms with E-state index >= 15 is 0 Å². The fraction of sp³-hybridized carbons (Fsp3) is 0.320. The zero-order chi connectivity index (χ0) is 23.5. The van der Waals surface area contributed by atoms with Crippen molar-refractivity contribution in [3.05, 3.63) is 83.2 Å². The van der Waals surface area contributed by atoms with Gasteiger partial charge >= 0.3 is 5.97 Å². The normalized spacial score (nSPS) is 15.9. The quantitative estimate of drug-likeness (QED) is 0.483. The van der Waals surface area contributed by atoms with Crippen LogP contribution >= 0.6 is 22.7 Å². The minimum absolute atomic E-state index is 0.153. The number of esters is 1. The molecule has 2 aromatic heterocycles. The van der Waals surface area contributed by atoms with Crippen LogP contribution in [0, 0.1) is 0 Å². The Morgan fingerprint density at radius 2 is 1.91 bits per heavy atom. The number of hydrogen-bond donors (Lipinski definition) is 0. The molecule has 6 nitrogen and oxygen atoms in total. The second-order valence-electron chi connectivity index (χ2n) is 7.58. The third kappa shape index (κ3) is 4.45. The highest BCUT2D eigenvalue weighted by molar-refractivity contribution is 7.10. The molecule has 4 rings (SSSR count). The molecule has 33 heavy (non-hydrogen) atoms. The van der Waals surface area contributed by atoms with Crippen LogP contribution in [0.25, 0.3) is 6.08 Å². The van der Waals surface area contributed by atoms with Gasteiger partial charge in [-0.1, -0.05) is 29.5 Å². The van der Waals surface area contributed by atoms with Crippen LogP contribution in [0.4, 0.5) is 5.69 Å². The number of thiazole rings is 1. The van der Waals surface area contributed by atoms with E-state index in [9.17, 15) is 9.59 Å². The first-order valence-electron chi connectivity index (χ1n) is 11.1. The van der Waals surface area contributed by atoms with Crippen LogP contribution < -0.4 is 19.8 Å².